The number of benzene rings is 2. The fraction of sp³-hybridized carbons (Fsp3) is 0.316. The molecule has 0 aliphatic carbocycles. The third kappa shape index (κ3) is 4.94. The van der Waals surface area contributed by atoms with Gasteiger partial charge in [0.15, 0.2) is 0 Å². The Morgan fingerprint density at radius 2 is 1.83 bits per heavy atom. The van der Waals surface area contributed by atoms with Gasteiger partial charge in [-0.15, -0.1) is 0 Å². The topological polar surface area (TPSA) is 80.5 Å². The van der Waals surface area contributed by atoms with Crippen LogP contribution in [0.1, 0.15) is 28.8 Å². The summed E-state index contributed by atoms with van der Waals surface area (Å²) in [5.41, 5.74) is -0.792. The summed E-state index contributed by atoms with van der Waals surface area (Å²) in [6.45, 7) is 0.272. The molecule has 156 valence electrons. The number of carbonyl (C=O) groups is 1. The second-order valence-electron chi connectivity index (χ2n) is 6.90. The van der Waals surface area contributed by atoms with Gasteiger partial charge in [0.2, 0.25) is 10.0 Å². The van der Waals surface area contributed by atoms with Crippen molar-refractivity contribution in [3.63, 3.8) is 0 Å². The molecule has 2 N–H and O–H groups in total. The first-order chi connectivity index (χ1) is 13.5. The minimum absolute atomic E-state index is 0.158. The Hall–Kier alpha value is -2.46. The van der Waals surface area contributed by atoms with Crippen LogP contribution in [0.4, 0.5) is 17.6 Å². The van der Waals surface area contributed by atoms with Crippen LogP contribution in [-0.4, -0.2) is 37.6 Å². The summed E-state index contributed by atoms with van der Waals surface area (Å²) < 4.78 is 76.0. The van der Waals surface area contributed by atoms with Gasteiger partial charge in [-0.25, -0.2) is 17.9 Å². The van der Waals surface area contributed by atoms with Crippen molar-refractivity contribution in [1.82, 2.24) is 4.90 Å². The third-order valence-electron chi connectivity index (χ3n) is 4.79. The summed E-state index contributed by atoms with van der Waals surface area (Å²) in [4.78, 5) is 14.0. The summed E-state index contributed by atoms with van der Waals surface area (Å²) in [5.74, 6) is -1.99. The highest BCUT2D eigenvalue weighted by Crippen LogP contribution is 2.33. The number of nitrogens with two attached hydrogens (primary N) is 1. The van der Waals surface area contributed by atoms with Crippen molar-refractivity contribution in [2.75, 3.05) is 12.3 Å². The number of halogens is 4. The largest absolute Gasteiger partial charge is 0.416 e. The van der Waals surface area contributed by atoms with Crippen molar-refractivity contribution in [3.8, 4) is 11.1 Å². The SMILES string of the molecule is NS(=O)(=O)CC1CCCN1C(=O)c1ccc(-c2cccc(C(F)(F)F)c2)cc1F. The summed E-state index contributed by atoms with van der Waals surface area (Å²) in [6.07, 6.45) is -3.53. The lowest BCUT2D eigenvalue weighted by Crippen LogP contribution is -2.41. The van der Waals surface area contributed by atoms with Crippen molar-refractivity contribution in [1.29, 1.82) is 0 Å². The first kappa shape index (κ1) is 21.3. The molecule has 0 bridgehead atoms. The molecule has 2 aromatic carbocycles. The maximum atomic E-state index is 14.6. The number of rotatable bonds is 4. The van der Waals surface area contributed by atoms with E-state index in [1.54, 1.807) is 0 Å². The monoisotopic (exact) mass is 430 g/mol. The lowest BCUT2D eigenvalue weighted by Gasteiger charge is -2.24. The van der Waals surface area contributed by atoms with Gasteiger partial charge in [0.05, 0.1) is 16.9 Å². The van der Waals surface area contributed by atoms with Gasteiger partial charge in [0.25, 0.3) is 5.91 Å². The number of carbonyl (C=O) groups excluding carboxylic acids is 1. The zero-order valence-electron chi connectivity index (χ0n) is 15.1. The Kier molecular flexibility index (Phi) is 5.68. The van der Waals surface area contributed by atoms with Gasteiger partial charge in [0.1, 0.15) is 5.82 Å². The molecule has 1 aliphatic heterocycles. The van der Waals surface area contributed by atoms with E-state index in [1.807, 2.05) is 0 Å². The quantitative estimate of drug-likeness (QED) is 0.755. The van der Waals surface area contributed by atoms with Crippen molar-refractivity contribution < 1.29 is 30.8 Å². The van der Waals surface area contributed by atoms with E-state index in [4.69, 9.17) is 5.14 Å². The average Bonchev–Trinajstić information content (AvgIpc) is 3.06. The number of sulfonamides is 1. The first-order valence-electron chi connectivity index (χ1n) is 8.74. The number of likely N-dealkylation sites (tertiary alicyclic amines) is 1. The molecule has 5 nitrogen and oxygen atoms in total. The number of hydrogen-bond acceptors (Lipinski definition) is 3. The summed E-state index contributed by atoms with van der Waals surface area (Å²) in [5, 5.41) is 5.05. The van der Waals surface area contributed by atoms with E-state index in [2.05, 4.69) is 0 Å². The van der Waals surface area contributed by atoms with E-state index in [1.165, 1.54) is 29.2 Å². The van der Waals surface area contributed by atoms with Crippen LogP contribution < -0.4 is 5.14 Å². The Morgan fingerprint density at radius 1 is 1.14 bits per heavy atom. The van der Waals surface area contributed by atoms with Crippen LogP contribution >= 0.6 is 0 Å². The zero-order chi connectivity index (χ0) is 21.4. The van der Waals surface area contributed by atoms with Crippen LogP contribution in [0.5, 0.6) is 0 Å². The van der Waals surface area contributed by atoms with Crippen molar-refractivity contribution in [2.24, 2.45) is 5.14 Å². The van der Waals surface area contributed by atoms with Crippen LogP contribution in [0, 0.1) is 5.82 Å². The van der Waals surface area contributed by atoms with E-state index < -0.39 is 45.3 Å². The third-order valence-corrected chi connectivity index (χ3v) is 5.63. The van der Waals surface area contributed by atoms with Crippen molar-refractivity contribution in [2.45, 2.75) is 25.1 Å². The molecule has 1 aliphatic rings. The van der Waals surface area contributed by atoms with Gasteiger partial charge in [0, 0.05) is 12.6 Å². The van der Waals surface area contributed by atoms with Gasteiger partial charge in [-0.3, -0.25) is 4.79 Å². The highest BCUT2D eigenvalue weighted by atomic mass is 32.2. The Bertz CT molecular complexity index is 1040. The molecule has 1 fully saturated rings. The van der Waals surface area contributed by atoms with E-state index in [0.717, 1.165) is 18.2 Å². The highest BCUT2D eigenvalue weighted by Gasteiger charge is 2.33. The molecule has 1 heterocycles. The zero-order valence-corrected chi connectivity index (χ0v) is 15.9. The first-order valence-corrected chi connectivity index (χ1v) is 10.5. The molecule has 1 saturated heterocycles. The summed E-state index contributed by atoms with van der Waals surface area (Å²) >= 11 is 0. The maximum Gasteiger partial charge on any atom is 0.416 e. The molecule has 1 amide bonds. The van der Waals surface area contributed by atoms with Crippen molar-refractivity contribution >= 4 is 15.9 Å². The Labute approximate surface area is 165 Å². The molecule has 2 aromatic rings. The standard InChI is InChI=1S/C19H18F4N2O3S/c20-17-10-13(12-3-1-4-14(9-12)19(21,22)23)6-7-16(17)18(26)25-8-2-5-15(25)11-29(24,27)28/h1,3-4,6-7,9-10,15H,2,5,8,11H2,(H2,24,27,28). The van der Waals surface area contributed by atoms with Crippen LogP contribution in [-0.2, 0) is 16.2 Å². The van der Waals surface area contributed by atoms with E-state index in [-0.39, 0.29) is 23.2 Å². The van der Waals surface area contributed by atoms with Gasteiger partial charge in [-0.1, -0.05) is 18.2 Å². The van der Waals surface area contributed by atoms with Crippen LogP contribution in [0.15, 0.2) is 42.5 Å². The number of nitrogens with zero attached hydrogens (tertiary/aromatic N) is 1. The van der Waals surface area contributed by atoms with Crippen molar-refractivity contribution in [3.05, 3.63) is 59.4 Å². The van der Waals surface area contributed by atoms with E-state index in [9.17, 15) is 30.8 Å². The summed E-state index contributed by atoms with van der Waals surface area (Å²) in [6, 6.07) is 7.35. The van der Waals surface area contributed by atoms with Gasteiger partial charge < -0.3 is 4.90 Å². The minimum atomic E-state index is -4.53. The molecule has 0 radical (unpaired) electrons. The maximum absolute atomic E-state index is 14.6. The minimum Gasteiger partial charge on any atom is -0.334 e. The average molecular weight is 430 g/mol. The molecular weight excluding hydrogens is 412 g/mol. The Balaban J connectivity index is 1.87. The molecule has 10 heteroatoms. The lowest BCUT2D eigenvalue weighted by atomic mass is 10.0. The predicted octanol–water partition coefficient (Wildman–Crippen LogP) is 3.40. The van der Waals surface area contributed by atoms with Gasteiger partial charge >= 0.3 is 6.18 Å². The number of hydrogen-bond donors (Lipinski definition) is 1. The molecule has 0 saturated carbocycles. The molecular formula is C19H18F4N2O3S. The second kappa shape index (κ2) is 7.75. The Morgan fingerprint density at radius 3 is 2.45 bits per heavy atom. The van der Waals surface area contributed by atoms with Crippen LogP contribution in [0.2, 0.25) is 0 Å². The van der Waals surface area contributed by atoms with Crippen LogP contribution in [0.3, 0.4) is 0 Å². The molecule has 29 heavy (non-hydrogen) atoms. The smallest absolute Gasteiger partial charge is 0.334 e. The molecule has 0 aromatic heterocycles. The molecule has 0 spiro atoms. The van der Waals surface area contributed by atoms with Gasteiger partial charge in [-0.2, -0.15) is 13.2 Å². The number of alkyl halides is 3. The fourth-order valence-corrected chi connectivity index (χ4v) is 4.33. The number of primary sulfonamides is 1. The van der Waals surface area contributed by atoms with E-state index >= 15 is 0 Å². The number of amides is 1. The van der Waals surface area contributed by atoms with Gasteiger partial charge in [-0.05, 0) is 48.2 Å². The van der Waals surface area contributed by atoms with E-state index in [0.29, 0.717) is 12.8 Å². The molecule has 1 unspecified atom stereocenters. The van der Waals surface area contributed by atoms with Crippen LogP contribution in [0.25, 0.3) is 11.1 Å². The predicted molar refractivity (Wildman–Crippen MR) is 98.9 cm³/mol. The second-order valence-corrected chi connectivity index (χ2v) is 8.56. The lowest BCUT2D eigenvalue weighted by molar-refractivity contribution is -0.137. The fourth-order valence-electron chi connectivity index (χ4n) is 3.44. The highest BCUT2D eigenvalue weighted by molar-refractivity contribution is 7.89. The summed E-state index contributed by atoms with van der Waals surface area (Å²) in [7, 11) is -3.80. The molecule has 1 atom stereocenters. The normalized spacial score (nSPS) is 17.6. The molecule has 3 rings (SSSR count).